The number of methoxy groups -OCH3 is 2. The number of nitrogens with zero attached hydrogens (tertiary/aromatic N) is 3. The van der Waals surface area contributed by atoms with Crippen LogP contribution in [0.15, 0.2) is 48.8 Å². The molecule has 0 saturated carbocycles. The van der Waals surface area contributed by atoms with Crippen LogP contribution in [0, 0.1) is 0 Å². The van der Waals surface area contributed by atoms with E-state index >= 15 is 0 Å². The summed E-state index contributed by atoms with van der Waals surface area (Å²) in [6.07, 6.45) is 5.27. The van der Waals surface area contributed by atoms with Gasteiger partial charge in [-0.2, -0.15) is 0 Å². The Kier molecular flexibility index (Phi) is 7.52. The maximum atomic E-state index is 12.6. The normalized spacial score (nSPS) is 13.1. The first-order valence-electron chi connectivity index (χ1n) is 11.0. The lowest BCUT2D eigenvalue weighted by Gasteiger charge is -2.22. The van der Waals surface area contributed by atoms with Crippen molar-refractivity contribution >= 4 is 56.8 Å². The molecule has 10 heteroatoms. The van der Waals surface area contributed by atoms with Crippen LogP contribution in [-0.2, 0) is 14.3 Å². The van der Waals surface area contributed by atoms with Crippen LogP contribution in [0.1, 0.15) is 5.56 Å². The summed E-state index contributed by atoms with van der Waals surface area (Å²) in [6, 6.07) is 7.06. The highest BCUT2D eigenvalue weighted by atomic mass is 35.5. The predicted molar refractivity (Wildman–Crippen MR) is 140 cm³/mol. The zero-order valence-corrected chi connectivity index (χ0v) is 21.0. The number of carbonyl (C=O) groups excluding carboxylic acids is 2. The van der Waals surface area contributed by atoms with E-state index in [0.29, 0.717) is 63.4 Å². The van der Waals surface area contributed by atoms with E-state index in [1.165, 1.54) is 24.6 Å². The van der Waals surface area contributed by atoms with E-state index in [4.69, 9.17) is 25.8 Å². The van der Waals surface area contributed by atoms with Crippen LogP contribution >= 0.6 is 11.6 Å². The van der Waals surface area contributed by atoms with Gasteiger partial charge in [0.15, 0.2) is 23.1 Å². The van der Waals surface area contributed by atoms with Gasteiger partial charge in [0.05, 0.1) is 29.9 Å². The molecule has 1 aromatic heterocycles. The fraction of sp³-hybridized carbons (Fsp3) is 0.231. The Balaban J connectivity index is 1.77. The van der Waals surface area contributed by atoms with Crippen molar-refractivity contribution in [1.29, 1.82) is 0 Å². The van der Waals surface area contributed by atoms with Crippen LogP contribution in [0.5, 0.6) is 11.5 Å². The molecule has 0 radical (unpaired) electrons. The third kappa shape index (κ3) is 5.17. The largest absolute Gasteiger partial charge is 0.493 e. The predicted octanol–water partition coefficient (Wildman–Crippen LogP) is 4.22. The van der Waals surface area contributed by atoms with Gasteiger partial charge in [-0.25, -0.2) is 9.97 Å². The smallest absolute Gasteiger partial charge is 0.186 e. The number of ketones is 2. The molecule has 9 nitrogen and oxygen atoms in total. The molecule has 0 fully saturated rings. The fourth-order valence-electron chi connectivity index (χ4n) is 3.86. The summed E-state index contributed by atoms with van der Waals surface area (Å²) in [4.78, 5) is 35.2. The molecule has 186 valence electrons. The van der Waals surface area contributed by atoms with E-state index in [1.807, 2.05) is 14.1 Å². The van der Waals surface area contributed by atoms with Gasteiger partial charge >= 0.3 is 0 Å². The quantitative estimate of drug-likeness (QED) is 0.336. The van der Waals surface area contributed by atoms with Gasteiger partial charge < -0.3 is 24.4 Å². The number of aromatic nitrogens is 2. The van der Waals surface area contributed by atoms with Crippen molar-refractivity contribution in [2.45, 2.75) is 0 Å². The third-order valence-electron chi connectivity index (χ3n) is 5.48. The summed E-state index contributed by atoms with van der Waals surface area (Å²) >= 11 is 6.64. The minimum Gasteiger partial charge on any atom is -0.493 e. The summed E-state index contributed by atoms with van der Waals surface area (Å²) in [7, 11) is 6.79. The average molecular weight is 509 g/mol. The number of allylic oxidation sites excluding steroid dienone is 4. The molecule has 3 aromatic rings. The van der Waals surface area contributed by atoms with Gasteiger partial charge in [-0.05, 0) is 36.4 Å². The number of fused-ring (bicyclic) bond motifs is 1. The number of anilines is 3. The summed E-state index contributed by atoms with van der Waals surface area (Å²) < 4.78 is 16.3. The van der Waals surface area contributed by atoms with Crippen molar-refractivity contribution in [3.8, 4) is 11.5 Å². The molecular formula is C26H25ClN4O5. The van der Waals surface area contributed by atoms with Gasteiger partial charge in [0, 0.05) is 49.5 Å². The molecule has 1 aliphatic carbocycles. The molecule has 0 atom stereocenters. The van der Waals surface area contributed by atoms with Gasteiger partial charge in [0.1, 0.15) is 18.8 Å². The Bertz CT molecular complexity index is 1400. The van der Waals surface area contributed by atoms with E-state index in [2.05, 4.69) is 15.3 Å². The number of carbonyl (C=O) groups is 2. The second kappa shape index (κ2) is 10.8. The van der Waals surface area contributed by atoms with Gasteiger partial charge in [-0.3, -0.25) is 9.59 Å². The Hall–Kier alpha value is -3.95. The molecule has 36 heavy (non-hydrogen) atoms. The fourth-order valence-corrected chi connectivity index (χ4v) is 4.25. The lowest BCUT2D eigenvalue weighted by Crippen LogP contribution is -2.15. The zero-order chi connectivity index (χ0) is 25.8. The second-order valence-electron chi connectivity index (χ2n) is 8.12. The minimum absolute atomic E-state index is 0.263. The van der Waals surface area contributed by atoms with E-state index in [-0.39, 0.29) is 17.1 Å². The molecule has 1 aliphatic rings. The molecule has 0 saturated heterocycles. The van der Waals surface area contributed by atoms with Crippen molar-refractivity contribution < 1.29 is 23.8 Å². The molecule has 0 unspecified atom stereocenters. The first kappa shape index (κ1) is 25.2. The number of hydrogen-bond acceptors (Lipinski definition) is 9. The number of ether oxygens (including phenoxy) is 3. The van der Waals surface area contributed by atoms with Crippen LogP contribution < -0.4 is 19.7 Å². The number of halogens is 1. The minimum atomic E-state index is -0.274. The molecule has 1 N–H and O–H groups in total. The van der Waals surface area contributed by atoms with Crippen LogP contribution in [-0.4, -0.2) is 63.1 Å². The monoisotopic (exact) mass is 508 g/mol. The van der Waals surface area contributed by atoms with Crippen LogP contribution in [0.4, 0.5) is 17.2 Å². The molecule has 2 aromatic carbocycles. The van der Waals surface area contributed by atoms with Gasteiger partial charge in [-0.1, -0.05) is 11.6 Å². The van der Waals surface area contributed by atoms with Gasteiger partial charge in [-0.15, -0.1) is 0 Å². The van der Waals surface area contributed by atoms with Crippen molar-refractivity contribution in [3.63, 3.8) is 0 Å². The summed E-state index contributed by atoms with van der Waals surface area (Å²) in [5.41, 5.74) is 2.64. The summed E-state index contributed by atoms with van der Waals surface area (Å²) in [5.74, 6) is 1.01. The maximum Gasteiger partial charge on any atom is 0.186 e. The molecule has 0 amide bonds. The Morgan fingerprint density at radius 3 is 2.53 bits per heavy atom. The standard InChI is InChI=1S/C26H25ClN4O5/c1-31(2)25-18(17-11-16(32)5-6-22(17)33)9-15(10-20(25)27)30-26-19-12-23(35-4)24(36-8-7-34-3)13-21(19)28-14-29-26/h5-6,9-14H,7-8H2,1-4H3,(H,28,29,30). The Morgan fingerprint density at radius 1 is 1.00 bits per heavy atom. The summed E-state index contributed by atoms with van der Waals surface area (Å²) in [5, 5.41) is 4.36. The molecule has 0 aliphatic heterocycles. The third-order valence-corrected chi connectivity index (χ3v) is 5.77. The second-order valence-corrected chi connectivity index (χ2v) is 8.52. The molecular weight excluding hydrogens is 484 g/mol. The van der Waals surface area contributed by atoms with Crippen molar-refractivity contribution in [3.05, 3.63) is 59.4 Å². The number of nitrogens with one attached hydrogen (secondary N) is 1. The van der Waals surface area contributed by atoms with E-state index in [0.717, 1.165) is 0 Å². The molecule has 4 rings (SSSR count). The van der Waals surface area contributed by atoms with Crippen molar-refractivity contribution in [2.75, 3.05) is 51.7 Å². The zero-order valence-electron chi connectivity index (χ0n) is 20.3. The lowest BCUT2D eigenvalue weighted by atomic mass is 9.94. The molecule has 0 bridgehead atoms. The average Bonchev–Trinajstić information content (AvgIpc) is 2.84. The first-order chi connectivity index (χ1) is 17.3. The number of rotatable bonds is 9. The van der Waals surface area contributed by atoms with Gasteiger partial charge in [0.2, 0.25) is 0 Å². The molecule has 1 heterocycles. The highest BCUT2D eigenvalue weighted by Gasteiger charge is 2.22. The number of benzene rings is 2. The Labute approximate surface area is 213 Å². The van der Waals surface area contributed by atoms with E-state index in [1.54, 1.807) is 43.4 Å². The Morgan fingerprint density at radius 2 is 1.81 bits per heavy atom. The SMILES string of the molecule is COCCOc1cc2ncnc(Nc3cc(Cl)c(N(C)C)c(C4=CC(=O)C=CC4=O)c3)c2cc1OC. The highest BCUT2D eigenvalue weighted by Crippen LogP contribution is 2.39. The number of hydrogen-bond donors (Lipinski definition) is 1. The lowest BCUT2D eigenvalue weighted by molar-refractivity contribution is -0.113. The first-order valence-corrected chi connectivity index (χ1v) is 11.4. The van der Waals surface area contributed by atoms with Crippen LogP contribution in [0.25, 0.3) is 16.5 Å². The topological polar surface area (TPSA) is 103 Å². The van der Waals surface area contributed by atoms with Crippen LogP contribution in [0.2, 0.25) is 5.02 Å². The van der Waals surface area contributed by atoms with Crippen molar-refractivity contribution in [2.24, 2.45) is 0 Å². The van der Waals surface area contributed by atoms with E-state index in [9.17, 15) is 9.59 Å². The molecule has 0 spiro atoms. The van der Waals surface area contributed by atoms with Crippen LogP contribution in [0.3, 0.4) is 0 Å². The summed E-state index contributed by atoms with van der Waals surface area (Å²) in [6.45, 7) is 0.796. The maximum absolute atomic E-state index is 12.6. The van der Waals surface area contributed by atoms with E-state index < -0.39 is 0 Å². The van der Waals surface area contributed by atoms with Gasteiger partial charge in [0.25, 0.3) is 0 Å². The highest BCUT2D eigenvalue weighted by molar-refractivity contribution is 6.38. The van der Waals surface area contributed by atoms with Crippen molar-refractivity contribution in [1.82, 2.24) is 9.97 Å².